The van der Waals surface area contributed by atoms with Crippen molar-refractivity contribution in [2.45, 2.75) is 20.3 Å². The Morgan fingerprint density at radius 3 is 3.06 bits per heavy atom. The largest absolute Gasteiger partial charge is 0.341 e. The maximum Gasteiger partial charge on any atom is 0.229 e. The van der Waals surface area contributed by atoms with Gasteiger partial charge in [0.25, 0.3) is 0 Å². The molecule has 2 saturated heterocycles. The number of carbonyl (C=O) groups is 1. The number of nitrogens with zero attached hydrogens (tertiary/aromatic N) is 1. The number of hydrogen-bond acceptors (Lipinski definition) is 3. The molecule has 0 aromatic carbocycles. The lowest BCUT2D eigenvalue weighted by molar-refractivity contribution is -0.139. The molecule has 92 valence electrons. The minimum absolute atomic E-state index is 0.234. The summed E-state index contributed by atoms with van der Waals surface area (Å²) in [5, 5.41) is 3.36. The first kappa shape index (κ1) is 12.2. The molecule has 0 aromatic rings. The third kappa shape index (κ3) is 2.72. The predicted molar refractivity (Wildman–Crippen MR) is 68.7 cm³/mol. The number of amides is 1. The lowest BCUT2D eigenvalue weighted by Crippen LogP contribution is -2.43. The molecule has 0 radical (unpaired) electrons. The molecule has 4 heteroatoms. The highest BCUT2D eigenvalue weighted by Crippen LogP contribution is 2.26. The van der Waals surface area contributed by atoms with Crippen LogP contribution < -0.4 is 5.32 Å². The third-order valence-corrected chi connectivity index (χ3v) is 4.73. The van der Waals surface area contributed by atoms with Gasteiger partial charge in [-0.25, -0.2) is 0 Å². The molecule has 0 aromatic heterocycles. The van der Waals surface area contributed by atoms with Crippen LogP contribution in [0.2, 0.25) is 0 Å². The Bertz CT molecular complexity index is 262. The zero-order valence-corrected chi connectivity index (χ0v) is 11.1. The van der Waals surface area contributed by atoms with E-state index in [9.17, 15) is 4.79 Å². The molecule has 2 fully saturated rings. The van der Waals surface area contributed by atoms with Crippen LogP contribution in [-0.2, 0) is 4.79 Å². The second-order valence-corrected chi connectivity index (χ2v) is 6.69. The summed E-state index contributed by atoms with van der Waals surface area (Å²) in [5.41, 5.74) is -0.234. The fourth-order valence-electron chi connectivity index (χ4n) is 2.43. The fourth-order valence-corrected chi connectivity index (χ4v) is 3.71. The molecule has 1 N–H and O–H groups in total. The highest BCUT2D eigenvalue weighted by atomic mass is 32.2. The molecule has 2 aliphatic heterocycles. The first-order valence-electron chi connectivity index (χ1n) is 6.17. The van der Waals surface area contributed by atoms with Gasteiger partial charge in [0.2, 0.25) is 5.91 Å². The first-order valence-corrected chi connectivity index (χ1v) is 7.33. The standard InChI is InChI=1S/C12H22N2OS/c1-12(2)9-13-4-5-14(11(12)15)7-10-3-6-16-8-10/h10,13H,3-9H2,1-2H3. The summed E-state index contributed by atoms with van der Waals surface area (Å²) in [6.07, 6.45) is 1.28. The summed E-state index contributed by atoms with van der Waals surface area (Å²) >= 11 is 2.02. The molecule has 0 aliphatic carbocycles. The molecule has 3 nitrogen and oxygen atoms in total. The Kier molecular flexibility index (Phi) is 3.80. The van der Waals surface area contributed by atoms with Gasteiger partial charge in [-0.3, -0.25) is 4.79 Å². The van der Waals surface area contributed by atoms with E-state index >= 15 is 0 Å². The van der Waals surface area contributed by atoms with E-state index in [2.05, 4.69) is 10.2 Å². The van der Waals surface area contributed by atoms with E-state index in [0.29, 0.717) is 5.91 Å². The third-order valence-electron chi connectivity index (χ3n) is 3.49. The Morgan fingerprint density at radius 2 is 2.38 bits per heavy atom. The molecular weight excluding hydrogens is 220 g/mol. The molecule has 1 amide bonds. The summed E-state index contributed by atoms with van der Waals surface area (Å²) in [4.78, 5) is 14.4. The van der Waals surface area contributed by atoms with Crippen molar-refractivity contribution in [1.29, 1.82) is 0 Å². The fraction of sp³-hybridized carbons (Fsp3) is 0.917. The maximum absolute atomic E-state index is 12.3. The molecule has 0 bridgehead atoms. The topological polar surface area (TPSA) is 32.3 Å². The zero-order chi connectivity index (χ0) is 11.6. The highest BCUT2D eigenvalue weighted by Gasteiger charge is 2.34. The molecule has 0 spiro atoms. The van der Waals surface area contributed by atoms with Crippen molar-refractivity contribution in [3.63, 3.8) is 0 Å². The minimum atomic E-state index is -0.234. The average molecular weight is 242 g/mol. The van der Waals surface area contributed by atoms with Crippen LogP contribution in [0.25, 0.3) is 0 Å². The van der Waals surface area contributed by atoms with Gasteiger partial charge >= 0.3 is 0 Å². The van der Waals surface area contributed by atoms with Gasteiger partial charge in [0.1, 0.15) is 0 Å². The molecule has 2 heterocycles. The predicted octanol–water partition coefficient (Wildman–Crippen LogP) is 1.20. The van der Waals surface area contributed by atoms with E-state index in [1.54, 1.807) is 0 Å². The molecule has 1 unspecified atom stereocenters. The van der Waals surface area contributed by atoms with Gasteiger partial charge in [-0.2, -0.15) is 11.8 Å². The van der Waals surface area contributed by atoms with Crippen molar-refractivity contribution in [1.82, 2.24) is 10.2 Å². The van der Waals surface area contributed by atoms with Crippen molar-refractivity contribution in [2.75, 3.05) is 37.7 Å². The van der Waals surface area contributed by atoms with Gasteiger partial charge < -0.3 is 10.2 Å². The van der Waals surface area contributed by atoms with Crippen LogP contribution in [0.4, 0.5) is 0 Å². The lowest BCUT2D eigenvalue weighted by atomic mass is 9.91. The van der Waals surface area contributed by atoms with Crippen LogP contribution in [0, 0.1) is 11.3 Å². The number of nitrogens with one attached hydrogen (secondary N) is 1. The number of carbonyl (C=O) groups excluding carboxylic acids is 1. The number of hydrogen-bond donors (Lipinski definition) is 1. The van der Waals surface area contributed by atoms with Gasteiger partial charge in [-0.1, -0.05) is 0 Å². The van der Waals surface area contributed by atoms with Crippen LogP contribution in [0.1, 0.15) is 20.3 Å². The molecule has 2 aliphatic rings. The van der Waals surface area contributed by atoms with E-state index in [4.69, 9.17) is 0 Å². The summed E-state index contributed by atoms with van der Waals surface area (Å²) < 4.78 is 0. The Morgan fingerprint density at radius 1 is 1.56 bits per heavy atom. The molecule has 1 atom stereocenters. The van der Waals surface area contributed by atoms with Crippen molar-refractivity contribution in [3.05, 3.63) is 0 Å². The van der Waals surface area contributed by atoms with Crippen LogP contribution in [0.3, 0.4) is 0 Å². The van der Waals surface area contributed by atoms with Gasteiger partial charge in [0, 0.05) is 26.2 Å². The van der Waals surface area contributed by atoms with Crippen LogP contribution >= 0.6 is 11.8 Å². The SMILES string of the molecule is CC1(C)CNCCN(CC2CCSC2)C1=O. The summed E-state index contributed by atoms with van der Waals surface area (Å²) in [6.45, 7) is 7.69. The van der Waals surface area contributed by atoms with Crippen molar-refractivity contribution < 1.29 is 4.79 Å². The van der Waals surface area contributed by atoms with Gasteiger partial charge in [-0.15, -0.1) is 0 Å². The molecule has 0 saturated carbocycles. The maximum atomic E-state index is 12.3. The summed E-state index contributed by atoms with van der Waals surface area (Å²) in [6, 6.07) is 0. The van der Waals surface area contributed by atoms with Crippen molar-refractivity contribution >= 4 is 17.7 Å². The van der Waals surface area contributed by atoms with E-state index in [0.717, 1.165) is 32.1 Å². The number of rotatable bonds is 2. The Hall–Kier alpha value is -0.220. The normalized spacial score (nSPS) is 30.5. The minimum Gasteiger partial charge on any atom is -0.341 e. The monoisotopic (exact) mass is 242 g/mol. The van der Waals surface area contributed by atoms with Crippen molar-refractivity contribution in [2.24, 2.45) is 11.3 Å². The van der Waals surface area contributed by atoms with Crippen LogP contribution in [-0.4, -0.2) is 48.5 Å². The van der Waals surface area contributed by atoms with Crippen LogP contribution in [0.15, 0.2) is 0 Å². The summed E-state index contributed by atoms with van der Waals surface area (Å²) in [5.74, 6) is 3.56. The molecular formula is C12H22N2OS. The summed E-state index contributed by atoms with van der Waals surface area (Å²) in [7, 11) is 0. The van der Waals surface area contributed by atoms with E-state index in [1.165, 1.54) is 17.9 Å². The Labute approximate surface area is 102 Å². The first-order chi connectivity index (χ1) is 7.59. The number of thioether (sulfide) groups is 1. The van der Waals surface area contributed by atoms with Crippen molar-refractivity contribution in [3.8, 4) is 0 Å². The highest BCUT2D eigenvalue weighted by molar-refractivity contribution is 7.99. The molecule has 16 heavy (non-hydrogen) atoms. The van der Waals surface area contributed by atoms with Gasteiger partial charge in [0.05, 0.1) is 5.41 Å². The van der Waals surface area contributed by atoms with Gasteiger partial charge in [0.15, 0.2) is 0 Å². The van der Waals surface area contributed by atoms with E-state index in [1.807, 2.05) is 25.6 Å². The average Bonchev–Trinajstić information content (AvgIpc) is 2.70. The second kappa shape index (κ2) is 4.96. The van der Waals surface area contributed by atoms with Crippen LogP contribution in [0.5, 0.6) is 0 Å². The Balaban J connectivity index is 1.98. The van der Waals surface area contributed by atoms with E-state index < -0.39 is 0 Å². The van der Waals surface area contributed by atoms with E-state index in [-0.39, 0.29) is 5.41 Å². The smallest absolute Gasteiger partial charge is 0.229 e. The second-order valence-electron chi connectivity index (χ2n) is 5.54. The molecule has 2 rings (SSSR count). The zero-order valence-electron chi connectivity index (χ0n) is 10.3. The van der Waals surface area contributed by atoms with Gasteiger partial charge in [-0.05, 0) is 37.7 Å². The lowest BCUT2D eigenvalue weighted by Gasteiger charge is -2.30. The quantitative estimate of drug-likeness (QED) is 0.789.